The molecule has 4 nitrogen and oxygen atoms in total. The van der Waals surface area contributed by atoms with Crippen molar-refractivity contribution in [3.05, 3.63) is 16.4 Å². The molecule has 1 aromatic heterocycles. The number of nitrogens with zero attached hydrogens (tertiary/aromatic N) is 2. The maximum atomic E-state index is 8.00. The van der Waals surface area contributed by atoms with Crippen molar-refractivity contribution in [2.45, 2.75) is 0 Å². The Hall–Kier alpha value is -0.537. The fourth-order valence-corrected chi connectivity index (χ4v) is 2.39. The Morgan fingerprint density at radius 2 is 1.46 bits per heavy atom. The minimum absolute atomic E-state index is 0.0172. The van der Waals surface area contributed by atoms with Gasteiger partial charge in [-0.2, -0.15) is 0 Å². The van der Waals surface area contributed by atoms with Gasteiger partial charge in [-0.3, -0.25) is 0 Å². The number of imidazole rings is 1. The molecule has 0 radical (unpaired) electrons. The van der Waals surface area contributed by atoms with E-state index >= 15 is 0 Å². The Bertz CT molecular complexity index is 270. The zero-order chi connectivity index (χ0) is 10.9. The summed E-state index contributed by atoms with van der Waals surface area (Å²) in [7, 11) is 9.71. The molecule has 0 spiro atoms. The average Bonchev–Trinajstić information content (AvgIpc) is 2.52. The number of halogens is 1. The van der Waals surface area contributed by atoms with Crippen molar-refractivity contribution in [1.82, 2.24) is 9.13 Å². The van der Waals surface area contributed by atoms with Crippen molar-refractivity contribution in [3.8, 4) is 0 Å². The van der Waals surface area contributed by atoms with Crippen LogP contribution < -0.4 is 0 Å². The zero-order valence-corrected chi connectivity index (χ0v) is 9.89. The first kappa shape index (κ1) is 15.0. The molecule has 0 bridgehead atoms. The van der Waals surface area contributed by atoms with Gasteiger partial charge in [-0.15, -0.1) is 0 Å². The molecule has 0 aliphatic rings. The summed E-state index contributed by atoms with van der Waals surface area (Å²) in [6.07, 6.45) is 4.00. The van der Waals surface area contributed by atoms with Crippen molar-refractivity contribution in [3.63, 3.8) is 0 Å². The molecule has 1 heterocycles. The van der Waals surface area contributed by atoms with Crippen LogP contribution in [0.1, 0.15) is 0 Å². The predicted octanol–water partition coefficient (Wildman–Crippen LogP) is 0.762. The molecule has 0 saturated carbocycles. The molecule has 0 aromatic carbocycles. The second kappa shape index (κ2) is 9.55. The molecule has 0 N–H and O–H groups in total. The van der Waals surface area contributed by atoms with E-state index in [-0.39, 0.29) is 15.7 Å². The number of carbonyl (C=O) groups is 2. The Morgan fingerprint density at radius 1 is 1.15 bits per heavy atom. The van der Waals surface area contributed by atoms with Crippen molar-refractivity contribution < 1.29 is 25.3 Å². The van der Waals surface area contributed by atoms with E-state index in [0.717, 1.165) is 0 Å². The first-order valence-corrected chi connectivity index (χ1v) is 5.99. The van der Waals surface area contributed by atoms with Gasteiger partial charge in [0.05, 0.1) is 0 Å². The molecule has 0 aliphatic carbocycles. The van der Waals surface area contributed by atoms with E-state index in [1.807, 2.05) is 49.2 Å². The van der Waals surface area contributed by atoms with Gasteiger partial charge >= 0.3 is 65.0 Å². The van der Waals surface area contributed by atoms with Crippen molar-refractivity contribution in [1.29, 1.82) is 0 Å². The molecule has 0 amide bonds. The molecule has 0 unspecified atom stereocenters. The van der Waals surface area contributed by atoms with Crippen LogP contribution in [0.2, 0.25) is 0 Å². The molecule has 6 heteroatoms. The van der Waals surface area contributed by atoms with Gasteiger partial charge in [0, 0.05) is 0 Å². The zero-order valence-electron chi connectivity index (χ0n) is 7.49. The maximum absolute atomic E-state index is 8.00. The third-order valence-electron chi connectivity index (χ3n) is 1.12. The number of carbonyl (C=O) groups excluding carboxylic acids is 2. The van der Waals surface area contributed by atoms with Gasteiger partial charge in [0.25, 0.3) is 0 Å². The van der Waals surface area contributed by atoms with E-state index in [2.05, 4.69) is 0 Å². The Kier molecular flexibility index (Phi) is 11.0. The van der Waals surface area contributed by atoms with Crippen LogP contribution in [0.5, 0.6) is 0 Å². The van der Waals surface area contributed by atoms with Crippen LogP contribution in [0.3, 0.4) is 0 Å². The Morgan fingerprint density at radius 3 is 1.62 bits per heavy atom. The van der Waals surface area contributed by atoms with Crippen LogP contribution in [-0.2, 0) is 39.4 Å². The number of hydrogen-bond donors (Lipinski definition) is 0. The van der Waals surface area contributed by atoms with Gasteiger partial charge in [0.2, 0.25) is 0 Å². The second-order valence-electron chi connectivity index (χ2n) is 1.83. The van der Waals surface area contributed by atoms with E-state index < -0.39 is 0 Å². The van der Waals surface area contributed by atoms with Gasteiger partial charge in [-0.25, -0.2) is 0 Å². The summed E-state index contributed by atoms with van der Waals surface area (Å²) in [6.45, 7) is 4.00. The monoisotopic (exact) mass is 294 g/mol. The standard InChI is InChI=1S/C5H8N2.2CH2O.ClH.Rh/c1-6-3-4-7(2)5-6;2*1-2;;/h3-4H,1-2H3;2*1H2;1H;/q;;;;+1/p-1. The van der Waals surface area contributed by atoms with Crippen molar-refractivity contribution in [2.24, 2.45) is 14.1 Å². The van der Waals surface area contributed by atoms with Gasteiger partial charge in [-0.05, 0) is 0 Å². The van der Waals surface area contributed by atoms with Gasteiger partial charge < -0.3 is 9.59 Å². The fourth-order valence-electron chi connectivity index (χ4n) is 0.654. The molecule has 0 aliphatic heterocycles. The summed E-state index contributed by atoms with van der Waals surface area (Å²) in [5.41, 5.74) is 0. The van der Waals surface area contributed by atoms with Crippen LogP contribution in [0.15, 0.2) is 12.4 Å². The summed E-state index contributed by atoms with van der Waals surface area (Å²) < 4.78 is 5.27. The van der Waals surface area contributed by atoms with Crippen LogP contribution in [0, 0.1) is 4.01 Å². The molecular formula is C7H12ClN2O2Rh. The van der Waals surface area contributed by atoms with E-state index in [0.29, 0.717) is 0 Å². The minimum atomic E-state index is 0.0172. The van der Waals surface area contributed by atoms with Crippen LogP contribution in [0.4, 0.5) is 0 Å². The van der Waals surface area contributed by atoms with Gasteiger partial charge in [0.1, 0.15) is 13.6 Å². The number of hydrogen-bond acceptors (Lipinski definition) is 2. The van der Waals surface area contributed by atoms with E-state index in [9.17, 15) is 0 Å². The molecule has 0 fully saturated rings. The third-order valence-corrected chi connectivity index (χ3v) is 3.22. The second-order valence-corrected chi connectivity index (χ2v) is 3.62. The van der Waals surface area contributed by atoms with Crippen LogP contribution in [-0.4, -0.2) is 22.7 Å². The van der Waals surface area contributed by atoms with E-state index in [4.69, 9.17) is 19.3 Å². The summed E-state index contributed by atoms with van der Waals surface area (Å²) in [6, 6.07) is 0. The number of aryl methyl sites for hydroxylation is 2. The van der Waals surface area contributed by atoms with Gasteiger partial charge in [0.15, 0.2) is 0 Å². The summed E-state index contributed by atoms with van der Waals surface area (Å²) >= 11 is 0.0172. The summed E-state index contributed by atoms with van der Waals surface area (Å²) in [5.74, 6) is 0. The summed E-state index contributed by atoms with van der Waals surface area (Å²) in [5, 5.41) is 0. The average molecular weight is 295 g/mol. The SMILES string of the molecule is C=O.C=O.Cn1ccn(C)[c]1=[Rh][Cl]. The topological polar surface area (TPSA) is 44.0 Å². The number of aromatic nitrogens is 2. The summed E-state index contributed by atoms with van der Waals surface area (Å²) in [4.78, 5) is 16.0. The molecule has 1 aromatic rings. The molecule has 78 valence electrons. The molecule has 0 saturated heterocycles. The fraction of sp³-hybridized carbons (Fsp3) is 0.286. The van der Waals surface area contributed by atoms with Crippen LogP contribution in [0.25, 0.3) is 0 Å². The predicted molar refractivity (Wildman–Crippen MR) is 47.7 cm³/mol. The Balaban J connectivity index is 0. The third kappa shape index (κ3) is 4.91. The Labute approximate surface area is 88.3 Å². The van der Waals surface area contributed by atoms with E-state index in [1.54, 1.807) is 0 Å². The van der Waals surface area contributed by atoms with Gasteiger partial charge in [-0.1, -0.05) is 0 Å². The van der Waals surface area contributed by atoms with Crippen LogP contribution >= 0.6 is 9.69 Å². The molecule has 0 atom stereocenters. The quantitative estimate of drug-likeness (QED) is 0.663. The van der Waals surface area contributed by atoms with E-state index in [1.165, 1.54) is 4.01 Å². The first-order chi connectivity index (χ1) is 6.25. The van der Waals surface area contributed by atoms with Crippen molar-refractivity contribution >= 4 is 23.3 Å². The van der Waals surface area contributed by atoms with Crippen molar-refractivity contribution in [2.75, 3.05) is 0 Å². The molecule has 13 heavy (non-hydrogen) atoms. The number of rotatable bonds is 0. The molecular weight excluding hydrogens is 282 g/mol. The molecule has 1 rings (SSSR count). The normalized spacial score (nSPS) is 7.92. The first-order valence-electron chi connectivity index (χ1n) is 3.06.